The molecule has 0 bridgehead atoms. The second-order valence-corrected chi connectivity index (χ2v) is 5.09. The lowest BCUT2D eigenvalue weighted by Crippen LogP contribution is -2.43. The van der Waals surface area contributed by atoms with Crippen molar-refractivity contribution in [3.8, 4) is 0 Å². The Morgan fingerprint density at radius 2 is 1.96 bits per heavy atom. The molecular weight excluding hydrogens is 300 g/mol. The van der Waals surface area contributed by atoms with E-state index in [1.165, 1.54) is 12.0 Å². The van der Waals surface area contributed by atoms with Crippen molar-refractivity contribution in [2.24, 2.45) is 0 Å². The van der Waals surface area contributed by atoms with Gasteiger partial charge in [0.1, 0.15) is 13.1 Å². The van der Waals surface area contributed by atoms with E-state index in [4.69, 9.17) is 9.84 Å². The van der Waals surface area contributed by atoms with Gasteiger partial charge in [-0.25, -0.2) is 0 Å². The molecule has 0 unspecified atom stereocenters. The molecule has 1 aromatic rings. The zero-order chi connectivity index (χ0) is 17.0. The minimum absolute atomic E-state index is 0.142. The summed E-state index contributed by atoms with van der Waals surface area (Å²) in [5, 5.41) is 8.91. The molecule has 1 aliphatic heterocycles. The van der Waals surface area contributed by atoms with E-state index in [-0.39, 0.29) is 25.6 Å². The van der Waals surface area contributed by atoms with Gasteiger partial charge in [-0.05, 0) is 6.07 Å². The predicted octanol–water partition coefficient (Wildman–Crippen LogP) is 0.673. The lowest BCUT2D eigenvalue weighted by molar-refractivity contribution is -0.144. The van der Waals surface area contributed by atoms with Crippen molar-refractivity contribution in [3.63, 3.8) is 0 Å². The predicted molar refractivity (Wildman–Crippen MR) is 82.6 cm³/mol. The van der Waals surface area contributed by atoms with Crippen LogP contribution in [0.3, 0.4) is 0 Å². The van der Waals surface area contributed by atoms with Gasteiger partial charge in [-0.15, -0.1) is 0 Å². The highest BCUT2D eigenvalue weighted by Gasteiger charge is 2.33. The number of amides is 2. The highest BCUT2D eigenvalue weighted by atomic mass is 16.5. The monoisotopic (exact) mass is 318 g/mol. The van der Waals surface area contributed by atoms with E-state index < -0.39 is 18.4 Å². The van der Waals surface area contributed by atoms with Crippen LogP contribution in [0.5, 0.6) is 0 Å². The first-order chi connectivity index (χ1) is 11.0. The normalized spacial score (nSPS) is 13.2. The summed E-state index contributed by atoms with van der Waals surface area (Å²) in [6.45, 7) is 3.53. The van der Waals surface area contributed by atoms with Gasteiger partial charge in [-0.3, -0.25) is 19.3 Å². The molecule has 0 saturated carbocycles. The van der Waals surface area contributed by atoms with Crippen molar-refractivity contribution in [2.75, 3.05) is 33.4 Å². The number of rotatable bonds is 7. The number of carboxylic acids is 1. The zero-order valence-corrected chi connectivity index (χ0v) is 12.8. The second-order valence-electron chi connectivity index (χ2n) is 5.09. The fraction of sp³-hybridized carbons (Fsp3) is 0.312. The number of benzene rings is 1. The SMILES string of the molecule is C=C1c2ccccc2C(=O)N1CC(=O)N(CCOC)CC(=O)O. The minimum Gasteiger partial charge on any atom is -0.480 e. The van der Waals surface area contributed by atoms with Crippen LogP contribution in [0.1, 0.15) is 15.9 Å². The fourth-order valence-electron chi connectivity index (χ4n) is 2.39. The Kier molecular flexibility index (Phi) is 5.13. The lowest BCUT2D eigenvalue weighted by atomic mass is 10.1. The van der Waals surface area contributed by atoms with Crippen LogP contribution in [0.4, 0.5) is 0 Å². The van der Waals surface area contributed by atoms with E-state index in [1.54, 1.807) is 24.3 Å². The maximum absolute atomic E-state index is 12.4. The second kappa shape index (κ2) is 7.06. The summed E-state index contributed by atoms with van der Waals surface area (Å²) in [7, 11) is 1.46. The molecule has 0 aromatic heterocycles. The van der Waals surface area contributed by atoms with Crippen molar-refractivity contribution in [2.45, 2.75) is 0 Å². The third-order valence-electron chi connectivity index (χ3n) is 3.58. The van der Waals surface area contributed by atoms with Crippen molar-refractivity contribution < 1.29 is 24.2 Å². The van der Waals surface area contributed by atoms with E-state index >= 15 is 0 Å². The van der Waals surface area contributed by atoms with E-state index in [1.807, 2.05) is 0 Å². The first kappa shape index (κ1) is 16.7. The third kappa shape index (κ3) is 3.57. The summed E-state index contributed by atoms with van der Waals surface area (Å²) in [5.41, 5.74) is 1.62. The van der Waals surface area contributed by atoms with Gasteiger partial charge in [0.05, 0.1) is 6.61 Å². The van der Waals surface area contributed by atoms with Gasteiger partial charge in [0.25, 0.3) is 5.91 Å². The Bertz CT molecular complexity index is 621. The van der Waals surface area contributed by atoms with Crippen molar-refractivity contribution in [3.05, 3.63) is 42.0 Å². The van der Waals surface area contributed by atoms with E-state index in [0.717, 1.165) is 4.90 Å². The minimum atomic E-state index is -1.12. The van der Waals surface area contributed by atoms with Crippen molar-refractivity contribution in [1.82, 2.24) is 9.80 Å². The van der Waals surface area contributed by atoms with Crippen molar-refractivity contribution >= 4 is 23.5 Å². The maximum Gasteiger partial charge on any atom is 0.323 e. The number of carboxylic acid groups (broad SMARTS) is 1. The van der Waals surface area contributed by atoms with Gasteiger partial charge >= 0.3 is 5.97 Å². The molecule has 1 N–H and O–H groups in total. The smallest absolute Gasteiger partial charge is 0.323 e. The fourth-order valence-corrected chi connectivity index (χ4v) is 2.39. The van der Waals surface area contributed by atoms with Crippen LogP contribution in [0.2, 0.25) is 0 Å². The summed E-state index contributed by atoms with van der Waals surface area (Å²) in [6, 6.07) is 6.97. The summed E-state index contributed by atoms with van der Waals surface area (Å²) in [4.78, 5) is 38.0. The lowest BCUT2D eigenvalue weighted by Gasteiger charge is -2.24. The van der Waals surface area contributed by atoms with Crippen LogP contribution < -0.4 is 0 Å². The third-order valence-corrected chi connectivity index (χ3v) is 3.58. The van der Waals surface area contributed by atoms with Gasteiger partial charge in [0.2, 0.25) is 5.91 Å². The highest BCUT2D eigenvalue weighted by molar-refractivity contribution is 6.10. The number of ether oxygens (including phenoxy) is 1. The summed E-state index contributed by atoms with van der Waals surface area (Å²) in [6.07, 6.45) is 0. The number of aliphatic carboxylic acids is 1. The van der Waals surface area contributed by atoms with Crippen LogP contribution in [-0.2, 0) is 14.3 Å². The molecule has 1 aromatic carbocycles. The molecule has 0 atom stereocenters. The highest BCUT2D eigenvalue weighted by Crippen LogP contribution is 2.30. The number of carbonyl (C=O) groups excluding carboxylic acids is 2. The summed E-state index contributed by atoms with van der Waals surface area (Å²) < 4.78 is 4.88. The number of methoxy groups -OCH3 is 1. The van der Waals surface area contributed by atoms with Gasteiger partial charge in [-0.1, -0.05) is 24.8 Å². The van der Waals surface area contributed by atoms with Crippen LogP contribution in [-0.4, -0.2) is 66.0 Å². The largest absolute Gasteiger partial charge is 0.480 e. The Balaban J connectivity index is 2.11. The Hall–Kier alpha value is -2.67. The molecule has 122 valence electrons. The number of fused-ring (bicyclic) bond motifs is 1. The number of nitrogens with zero attached hydrogens (tertiary/aromatic N) is 2. The molecule has 0 fully saturated rings. The molecule has 2 amide bonds. The molecule has 7 heteroatoms. The van der Waals surface area contributed by atoms with E-state index in [2.05, 4.69) is 6.58 Å². The average molecular weight is 318 g/mol. The van der Waals surface area contributed by atoms with Gasteiger partial charge in [0.15, 0.2) is 0 Å². The molecule has 7 nitrogen and oxygen atoms in total. The molecule has 0 spiro atoms. The number of hydrogen-bond acceptors (Lipinski definition) is 4. The summed E-state index contributed by atoms with van der Waals surface area (Å²) in [5.74, 6) is -1.89. The Morgan fingerprint density at radius 3 is 2.52 bits per heavy atom. The molecular formula is C16H18N2O5. The standard InChI is InChI=1S/C16H18N2O5/c1-11-12-5-3-4-6-13(12)16(22)18(11)9-14(19)17(7-8-23-2)10-15(20)21/h3-6H,1,7-10H2,2H3,(H,20,21). The average Bonchev–Trinajstić information content (AvgIpc) is 2.76. The molecule has 0 radical (unpaired) electrons. The quantitative estimate of drug-likeness (QED) is 0.798. The van der Waals surface area contributed by atoms with Gasteiger partial charge < -0.3 is 14.7 Å². The summed E-state index contributed by atoms with van der Waals surface area (Å²) >= 11 is 0. The molecule has 0 saturated heterocycles. The molecule has 23 heavy (non-hydrogen) atoms. The van der Waals surface area contributed by atoms with Crippen LogP contribution in [0.15, 0.2) is 30.8 Å². The van der Waals surface area contributed by atoms with Gasteiger partial charge in [0, 0.05) is 30.5 Å². The Labute approximate surface area is 133 Å². The van der Waals surface area contributed by atoms with Crippen molar-refractivity contribution in [1.29, 1.82) is 0 Å². The molecule has 1 aliphatic rings. The molecule has 2 rings (SSSR count). The number of carbonyl (C=O) groups is 3. The van der Waals surface area contributed by atoms with Gasteiger partial charge in [-0.2, -0.15) is 0 Å². The molecule has 1 heterocycles. The maximum atomic E-state index is 12.4. The molecule has 0 aliphatic carbocycles. The zero-order valence-electron chi connectivity index (χ0n) is 12.8. The van der Waals surface area contributed by atoms with E-state index in [0.29, 0.717) is 16.8 Å². The van der Waals surface area contributed by atoms with Crippen LogP contribution >= 0.6 is 0 Å². The van der Waals surface area contributed by atoms with Crippen LogP contribution in [0.25, 0.3) is 5.70 Å². The Morgan fingerprint density at radius 1 is 1.30 bits per heavy atom. The first-order valence-corrected chi connectivity index (χ1v) is 7.04. The topological polar surface area (TPSA) is 87.2 Å². The van der Waals surface area contributed by atoms with Crippen LogP contribution in [0, 0.1) is 0 Å². The number of hydrogen-bond donors (Lipinski definition) is 1. The van der Waals surface area contributed by atoms with E-state index in [9.17, 15) is 14.4 Å². The first-order valence-electron chi connectivity index (χ1n) is 7.04.